The zero-order valence-corrected chi connectivity index (χ0v) is 11.8. The van der Waals surface area contributed by atoms with E-state index in [1.54, 1.807) is 0 Å². The molecule has 0 aromatic heterocycles. The van der Waals surface area contributed by atoms with E-state index >= 15 is 0 Å². The quantitative estimate of drug-likeness (QED) is 0.818. The summed E-state index contributed by atoms with van der Waals surface area (Å²) < 4.78 is 0. The second-order valence-corrected chi connectivity index (χ2v) is 5.00. The van der Waals surface area contributed by atoms with E-state index in [0.29, 0.717) is 0 Å². The van der Waals surface area contributed by atoms with Crippen LogP contribution in [0.15, 0.2) is 36.4 Å². The van der Waals surface area contributed by atoms with Gasteiger partial charge in [-0.05, 0) is 31.4 Å². The fourth-order valence-corrected chi connectivity index (χ4v) is 2.47. The highest BCUT2D eigenvalue weighted by atomic mass is 16.2. The molecule has 104 valence electrons. The van der Waals surface area contributed by atoms with Gasteiger partial charge in [0.2, 0.25) is 0 Å². The molecule has 3 nitrogen and oxygen atoms in total. The number of nitrogens with zero attached hydrogens (tertiary/aromatic N) is 2. The highest BCUT2D eigenvalue weighted by Crippen LogP contribution is 2.28. The van der Waals surface area contributed by atoms with Crippen molar-refractivity contribution in [1.29, 1.82) is 5.26 Å². The van der Waals surface area contributed by atoms with Gasteiger partial charge < -0.3 is 10.0 Å². The van der Waals surface area contributed by atoms with Crippen LogP contribution in [-0.4, -0.2) is 25.3 Å². The van der Waals surface area contributed by atoms with Gasteiger partial charge in [-0.1, -0.05) is 24.3 Å². The molecule has 0 unspecified atom stereocenters. The Morgan fingerprint density at radius 1 is 1.05 bits per heavy atom. The van der Waals surface area contributed by atoms with Crippen LogP contribution in [0.2, 0.25) is 0 Å². The van der Waals surface area contributed by atoms with E-state index < -0.39 is 0 Å². The number of aliphatic hydroxyl groups is 1. The Hall–Kier alpha value is -2.05. The van der Waals surface area contributed by atoms with Crippen molar-refractivity contribution in [3.8, 4) is 6.07 Å². The first-order valence-electron chi connectivity index (χ1n) is 7.01. The Labute approximate surface area is 120 Å². The van der Waals surface area contributed by atoms with Crippen LogP contribution in [0.1, 0.15) is 24.8 Å². The smallest absolute Gasteiger partial charge is 0.0998 e. The van der Waals surface area contributed by atoms with Crippen LogP contribution in [0.4, 0.5) is 5.69 Å². The third-order valence-corrected chi connectivity index (χ3v) is 3.58. The predicted octanol–water partition coefficient (Wildman–Crippen LogP) is 3.31. The number of nitriles is 1. The van der Waals surface area contributed by atoms with Gasteiger partial charge in [0.1, 0.15) is 0 Å². The summed E-state index contributed by atoms with van der Waals surface area (Å²) in [5, 5.41) is 20.1. The average Bonchev–Trinajstić information content (AvgIpc) is 2.50. The molecule has 2 rings (SSSR count). The maximum atomic E-state index is 9.18. The van der Waals surface area contributed by atoms with E-state index in [1.165, 1.54) is 0 Å². The zero-order chi connectivity index (χ0) is 14.4. The molecule has 2 aromatic carbocycles. The first-order chi connectivity index (χ1) is 9.77. The lowest BCUT2D eigenvalue weighted by Gasteiger charge is -2.21. The Morgan fingerprint density at radius 2 is 1.80 bits per heavy atom. The Balaban J connectivity index is 2.24. The average molecular weight is 268 g/mol. The normalized spacial score (nSPS) is 10.4. The number of aliphatic hydroxyl groups excluding tert-OH is 1. The molecule has 0 saturated heterocycles. The van der Waals surface area contributed by atoms with Crippen LogP contribution in [-0.2, 0) is 0 Å². The fourth-order valence-electron chi connectivity index (χ4n) is 2.47. The lowest BCUT2D eigenvalue weighted by atomic mass is 10.0. The third kappa shape index (κ3) is 3.09. The number of hydrogen-bond donors (Lipinski definition) is 1. The minimum Gasteiger partial charge on any atom is -0.396 e. The SMILES string of the molecule is CN(CCCCCO)c1ccc(C#N)c2ccccc12. The van der Waals surface area contributed by atoms with E-state index in [-0.39, 0.29) is 6.61 Å². The molecular weight excluding hydrogens is 248 g/mol. The molecule has 0 bridgehead atoms. The van der Waals surface area contributed by atoms with E-state index in [0.717, 1.165) is 47.8 Å². The van der Waals surface area contributed by atoms with Crippen LogP contribution in [0.5, 0.6) is 0 Å². The van der Waals surface area contributed by atoms with Crippen LogP contribution >= 0.6 is 0 Å². The van der Waals surface area contributed by atoms with Gasteiger partial charge in [-0.3, -0.25) is 0 Å². The van der Waals surface area contributed by atoms with Crippen molar-refractivity contribution in [2.24, 2.45) is 0 Å². The van der Waals surface area contributed by atoms with Crippen molar-refractivity contribution in [1.82, 2.24) is 0 Å². The summed E-state index contributed by atoms with van der Waals surface area (Å²) >= 11 is 0. The molecule has 0 heterocycles. The van der Waals surface area contributed by atoms with Gasteiger partial charge in [0, 0.05) is 36.7 Å². The molecule has 0 spiro atoms. The minimum atomic E-state index is 0.267. The molecule has 0 aliphatic rings. The van der Waals surface area contributed by atoms with Gasteiger partial charge in [0.05, 0.1) is 11.6 Å². The predicted molar refractivity (Wildman–Crippen MR) is 82.9 cm³/mol. The largest absolute Gasteiger partial charge is 0.396 e. The van der Waals surface area contributed by atoms with Gasteiger partial charge in [0.15, 0.2) is 0 Å². The molecule has 0 amide bonds. The number of unbranched alkanes of at least 4 members (excludes halogenated alkanes) is 2. The first kappa shape index (κ1) is 14.4. The molecule has 0 atom stereocenters. The maximum absolute atomic E-state index is 9.18. The molecular formula is C17H20N2O. The molecule has 0 fully saturated rings. The second-order valence-electron chi connectivity index (χ2n) is 5.00. The number of benzene rings is 2. The Kier molecular flexibility index (Phi) is 4.97. The lowest BCUT2D eigenvalue weighted by molar-refractivity contribution is 0.283. The molecule has 2 aromatic rings. The van der Waals surface area contributed by atoms with Crippen molar-refractivity contribution < 1.29 is 5.11 Å². The zero-order valence-electron chi connectivity index (χ0n) is 11.8. The summed E-state index contributed by atoms with van der Waals surface area (Å²) in [7, 11) is 2.08. The van der Waals surface area contributed by atoms with E-state index in [4.69, 9.17) is 5.11 Å². The highest BCUT2D eigenvalue weighted by molar-refractivity contribution is 5.97. The summed E-state index contributed by atoms with van der Waals surface area (Å²) in [5.74, 6) is 0. The minimum absolute atomic E-state index is 0.267. The molecule has 0 aliphatic heterocycles. The maximum Gasteiger partial charge on any atom is 0.0998 e. The third-order valence-electron chi connectivity index (χ3n) is 3.58. The Morgan fingerprint density at radius 3 is 2.50 bits per heavy atom. The standard InChI is InChI=1S/C17H20N2O/c1-19(11-5-2-6-12-20)17-10-9-14(13-18)15-7-3-4-8-16(15)17/h3-4,7-10,20H,2,5-6,11-12H2,1H3. The van der Waals surface area contributed by atoms with Crippen molar-refractivity contribution in [2.75, 3.05) is 25.1 Å². The molecule has 1 N–H and O–H groups in total. The van der Waals surface area contributed by atoms with Gasteiger partial charge in [-0.25, -0.2) is 0 Å². The summed E-state index contributed by atoms with van der Waals surface area (Å²) in [6.45, 7) is 1.22. The lowest BCUT2D eigenvalue weighted by Crippen LogP contribution is -2.18. The number of fused-ring (bicyclic) bond motifs is 1. The molecule has 3 heteroatoms. The van der Waals surface area contributed by atoms with Gasteiger partial charge in [-0.2, -0.15) is 5.26 Å². The highest BCUT2D eigenvalue weighted by Gasteiger charge is 2.08. The fraction of sp³-hybridized carbons (Fsp3) is 0.353. The monoisotopic (exact) mass is 268 g/mol. The Bertz CT molecular complexity index is 616. The van der Waals surface area contributed by atoms with Crippen molar-refractivity contribution in [3.05, 3.63) is 42.0 Å². The van der Waals surface area contributed by atoms with Gasteiger partial charge in [0.25, 0.3) is 0 Å². The number of anilines is 1. The van der Waals surface area contributed by atoms with Crippen LogP contribution < -0.4 is 4.90 Å². The van der Waals surface area contributed by atoms with Gasteiger partial charge >= 0.3 is 0 Å². The summed E-state index contributed by atoms with van der Waals surface area (Å²) in [4.78, 5) is 2.22. The molecule has 0 radical (unpaired) electrons. The summed E-state index contributed by atoms with van der Waals surface area (Å²) in [6, 6.07) is 14.2. The second kappa shape index (κ2) is 6.93. The number of hydrogen-bond acceptors (Lipinski definition) is 3. The van der Waals surface area contributed by atoms with Gasteiger partial charge in [-0.15, -0.1) is 0 Å². The summed E-state index contributed by atoms with van der Waals surface area (Å²) in [5.41, 5.74) is 1.88. The van der Waals surface area contributed by atoms with Crippen molar-refractivity contribution >= 4 is 16.5 Å². The molecule has 0 saturated carbocycles. The molecule has 20 heavy (non-hydrogen) atoms. The molecule has 0 aliphatic carbocycles. The van der Waals surface area contributed by atoms with E-state index in [1.807, 2.05) is 30.3 Å². The van der Waals surface area contributed by atoms with Crippen LogP contribution in [0.25, 0.3) is 10.8 Å². The summed E-state index contributed by atoms with van der Waals surface area (Å²) in [6.07, 6.45) is 2.96. The van der Waals surface area contributed by atoms with Crippen LogP contribution in [0.3, 0.4) is 0 Å². The van der Waals surface area contributed by atoms with Crippen molar-refractivity contribution in [3.63, 3.8) is 0 Å². The van der Waals surface area contributed by atoms with Crippen molar-refractivity contribution in [2.45, 2.75) is 19.3 Å². The van der Waals surface area contributed by atoms with E-state index in [2.05, 4.69) is 24.1 Å². The first-order valence-corrected chi connectivity index (χ1v) is 7.01. The van der Waals surface area contributed by atoms with E-state index in [9.17, 15) is 5.26 Å². The number of rotatable bonds is 6. The topological polar surface area (TPSA) is 47.3 Å². The van der Waals surface area contributed by atoms with Crippen LogP contribution in [0, 0.1) is 11.3 Å².